The Morgan fingerprint density at radius 3 is 2.55 bits per heavy atom. The van der Waals surface area contributed by atoms with Crippen LogP contribution >= 0.6 is 12.4 Å². The van der Waals surface area contributed by atoms with Gasteiger partial charge in [-0.15, -0.1) is 17.5 Å². The summed E-state index contributed by atoms with van der Waals surface area (Å²) in [4.78, 5) is 17.1. The Hall–Kier alpha value is -2.71. The van der Waals surface area contributed by atoms with Gasteiger partial charge >= 0.3 is 0 Å². The summed E-state index contributed by atoms with van der Waals surface area (Å²) in [6.07, 6.45) is 2.99. The van der Waals surface area contributed by atoms with Crippen LogP contribution in [0.3, 0.4) is 0 Å². The van der Waals surface area contributed by atoms with Crippen molar-refractivity contribution in [2.24, 2.45) is 0 Å². The molecule has 2 heterocycles. The van der Waals surface area contributed by atoms with Gasteiger partial charge in [0.2, 0.25) is 0 Å². The van der Waals surface area contributed by atoms with E-state index >= 15 is 0 Å². The lowest BCUT2D eigenvalue weighted by molar-refractivity contribution is 0.250. The maximum absolute atomic E-state index is 13.8. The molecule has 9 heteroatoms. The first-order valence-electron chi connectivity index (χ1n) is 11.4. The minimum atomic E-state index is -0.235. The van der Waals surface area contributed by atoms with E-state index in [0.717, 1.165) is 63.4 Å². The highest BCUT2D eigenvalue weighted by molar-refractivity contribution is 5.85. The Balaban J connectivity index is 0.00000306. The molecule has 0 spiro atoms. The van der Waals surface area contributed by atoms with Crippen LogP contribution in [0.25, 0.3) is 10.9 Å². The second-order valence-corrected chi connectivity index (χ2v) is 8.07. The molecule has 1 aliphatic heterocycles. The molecule has 0 unspecified atom stereocenters. The molecule has 4 rings (SSSR count). The summed E-state index contributed by atoms with van der Waals surface area (Å²) in [5, 5.41) is 8.81. The van der Waals surface area contributed by atoms with Gasteiger partial charge in [-0.1, -0.05) is 23.8 Å². The molecule has 0 amide bonds. The minimum absolute atomic E-state index is 0. The lowest BCUT2D eigenvalue weighted by Crippen LogP contribution is -2.46. The molecule has 0 N–H and O–H groups in total. The Bertz CT molecular complexity index is 1100. The summed E-state index contributed by atoms with van der Waals surface area (Å²) in [5.41, 5.74) is 1.41. The maximum Gasteiger partial charge on any atom is 0.277 e. The molecular weight excluding hydrogens is 445 g/mol. The average Bonchev–Trinajstić information content (AvgIpc) is 2.82. The molecule has 1 aromatic heterocycles. The van der Waals surface area contributed by atoms with Gasteiger partial charge < -0.3 is 9.64 Å². The minimum Gasteiger partial charge on any atom is -0.492 e. The topological polar surface area (TPSA) is 63.5 Å². The molecule has 0 aliphatic carbocycles. The third-order valence-electron chi connectivity index (χ3n) is 5.91. The van der Waals surface area contributed by atoms with Crippen LogP contribution in [0.1, 0.15) is 26.2 Å². The summed E-state index contributed by atoms with van der Waals surface area (Å²) in [6, 6.07) is 12.0. The van der Waals surface area contributed by atoms with Crippen molar-refractivity contribution in [2.45, 2.75) is 32.7 Å². The SMILES string of the molecule is CCOc1ccc(F)cc1N1CCN(CCCCCn2nnc3ccccc3c2=O)CC1.Cl. The Kier molecular flexibility index (Phi) is 9.03. The van der Waals surface area contributed by atoms with Gasteiger partial charge in [-0.05, 0) is 50.6 Å². The van der Waals surface area contributed by atoms with E-state index in [1.54, 1.807) is 24.3 Å². The van der Waals surface area contributed by atoms with Gasteiger partial charge in [0, 0.05) is 38.8 Å². The summed E-state index contributed by atoms with van der Waals surface area (Å²) in [7, 11) is 0. The van der Waals surface area contributed by atoms with Crippen LogP contribution < -0.4 is 15.2 Å². The number of piperazine rings is 1. The van der Waals surface area contributed by atoms with E-state index in [1.807, 2.05) is 19.1 Å². The van der Waals surface area contributed by atoms with Crippen molar-refractivity contribution in [1.29, 1.82) is 0 Å². The molecule has 178 valence electrons. The molecule has 1 aliphatic rings. The van der Waals surface area contributed by atoms with Crippen molar-refractivity contribution in [3.8, 4) is 5.75 Å². The fourth-order valence-electron chi connectivity index (χ4n) is 4.17. The Morgan fingerprint density at radius 2 is 1.76 bits per heavy atom. The van der Waals surface area contributed by atoms with Gasteiger partial charge in [-0.25, -0.2) is 9.07 Å². The number of benzene rings is 2. The predicted octanol–water partition coefficient (Wildman–Crippen LogP) is 3.74. The number of hydrogen-bond acceptors (Lipinski definition) is 6. The maximum atomic E-state index is 13.8. The highest BCUT2D eigenvalue weighted by atomic mass is 35.5. The number of aromatic nitrogens is 3. The standard InChI is InChI=1S/C24H30FN5O2.ClH/c1-2-32-23-11-10-19(25)18-22(23)29-16-14-28(15-17-29)12-6-3-7-13-30-24(31)20-8-4-5-9-21(20)26-27-30;/h4-5,8-11,18H,2-3,6-7,12-17H2,1H3;1H. The van der Waals surface area contributed by atoms with Crippen molar-refractivity contribution >= 4 is 29.0 Å². The van der Waals surface area contributed by atoms with Crippen molar-refractivity contribution in [1.82, 2.24) is 19.9 Å². The predicted molar refractivity (Wildman–Crippen MR) is 131 cm³/mol. The first-order chi connectivity index (χ1) is 15.7. The van der Waals surface area contributed by atoms with Gasteiger partial charge in [-0.3, -0.25) is 9.69 Å². The van der Waals surface area contributed by atoms with E-state index in [-0.39, 0.29) is 23.8 Å². The number of aryl methyl sites for hydroxylation is 1. The first-order valence-corrected chi connectivity index (χ1v) is 11.4. The molecular formula is C24H31ClFN5O2. The highest BCUT2D eigenvalue weighted by Crippen LogP contribution is 2.30. The van der Waals surface area contributed by atoms with E-state index in [0.29, 0.717) is 24.1 Å². The fourth-order valence-corrected chi connectivity index (χ4v) is 4.17. The zero-order valence-corrected chi connectivity index (χ0v) is 19.8. The van der Waals surface area contributed by atoms with Crippen LogP contribution in [0.4, 0.5) is 10.1 Å². The molecule has 1 fully saturated rings. The summed E-state index contributed by atoms with van der Waals surface area (Å²) in [5.74, 6) is 0.510. The summed E-state index contributed by atoms with van der Waals surface area (Å²) >= 11 is 0. The number of unbranched alkanes of at least 4 members (excludes halogenated alkanes) is 2. The van der Waals surface area contributed by atoms with Crippen molar-refractivity contribution < 1.29 is 9.13 Å². The number of rotatable bonds is 9. The van der Waals surface area contributed by atoms with Crippen molar-refractivity contribution in [3.05, 3.63) is 58.6 Å². The monoisotopic (exact) mass is 475 g/mol. The molecule has 0 saturated carbocycles. The number of halogens is 2. The van der Waals surface area contributed by atoms with Gasteiger partial charge in [0.1, 0.15) is 17.1 Å². The van der Waals surface area contributed by atoms with Crippen LogP contribution in [-0.2, 0) is 6.54 Å². The Labute approximate surface area is 199 Å². The third-order valence-corrected chi connectivity index (χ3v) is 5.91. The number of hydrogen-bond donors (Lipinski definition) is 0. The molecule has 1 saturated heterocycles. The Morgan fingerprint density at radius 1 is 1.00 bits per heavy atom. The van der Waals surface area contributed by atoms with E-state index in [1.165, 1.54) is 10.7 Å². The van der Waals surface area contributed by atoms with Crippen LogP contribution in [0.15, 0.2) is 47.3 Å². The molecule has 0 bridgehead atoms. The second-order valence-electron chi connectivity index (χ2n) is 8.07. The van der Waals surface area contributed by atoms with Crippen molar-refractivity contribution in [2.75, 3.05) is 44.2 Å². The van der Waals surface area contributed by atoms with Crippen LogP contribution in [0.2, 0.25) is 0 Å². The zero-order chi connectivity index (χ0) is 22.3. The molecule has 2 aromatic carbocycles. The van der Waals surface area contributed by atoms with E-state index in [4.69, 9.17) is 4.74 Å². The number of ether oxygens (including phenoxy) is 1. The molecule has 33 heavy (non-hydrogen) atoms. The van der Waals surface area contributed by atoms with Crippen molar-refractivity contribution in [3.63, 3.8) is 0 Å². The largest absolute Gasteiger partial charge is 0.492 e. The lowest BCUT2D eigenvalue weighted by Gasteiger charge is -2.36. The quantitative estimate of drug-likeness (QED) is 0.439. The fraction of sp³-hybridized carbons (Fsp3) is 0.458. The lowest BCUT2D eigenvalue weighted by atomic mass is 10.2. The molecule has 3 aromatic rings. The van der Waals surface area contributed by atoms with E-state index < -0.39 is 0 Å². The second kappa shape index (κ2) is 12.0. The third kappa shape index (κ3) is 6.21. The normalized spacial score (nSPS) is 14.3. The summed E-state index contributed by atoms with van der Waals surface area (Å²) in [6.45, 7) is 7.70. The van der Waals surface area contributed by atoms with Crippen LogP contribution in [0.5, 0.6) is 5.75 Å². The zero-order valence-electron chi connectivity index (χ0n) is 19.0. The van der Waals surface area contributed by atoms with E-state index in [2.05, 4.69) is 20.1 Å². The van der Waals surface area contributed by atoms with E-state index in [9.17, 15) is 9.18 Å². The van der Waals surface area contributed by atoms with Gasteiger partial charge in [0.05, 0.1) is 17.7 Å². The molecule has 0 atom stereocenters. The highest BCUT2D eigenvalue weighted by Gasteiger charge is 2.20. The number of fused-ring (bicyclic) bond motifs is 1. The van der Waals surface area contributed by atoms with Crippen LogP contribution in [-0.4, -0.2) is 59.2 Å². The summed E-state index contributed by atoms with van der Waals surface area (Å²) < 4.78 is 20.9. The van der Waals surface area contributed by atoms with Gasteiger partial charge in [0.25, 0.3) is 5.56 Å². The molecule has 0 radical (unpaired) electrons. The number of anilines is 1. The molecule has 7 nitrogen and oxygen atoms in total. The average molecular weight is 476 g/mol. The smallest absolute Gasteiger partial charge is 0.277 e. The van der Waals surface area contributed by atoms with Gasteiger partial charge in [-0.2, -0.15) is 0 Å². The number of nitrogens with zero attached hydrogens (tertiary/aromatic N) is 5. The van der Waals surface area contributed by atoms with Gasteiger partial charge in [0.15, 0.2) is 0 Å². The van der Waals surface area contributed by atoms with Crippen LogP contribution in [0, 0.1) is 5.82 Å². The first kappa shape index (κ1) is 24.9.